The van der Waals surface area contributed by atoms with Crippen LogP contribution in [0.4, 0.5) is 0 Å². The lowest BCUT2D eigenvalue weighted by atomic mass is 10.1. The number of rotatable bonds is 3. The quantitative estimate of drug-likeness (QED) is 0.825. The van der Waals surface area contributed by atoms with Crippen molar-refractivity contribution in [3.8, 4) is 17.3 Å². The summed E-state index contributed by atoms with van der Waals surface area (Å²) >= 11 is 0. The fraction of sp³-hybridized carbons (Fsp3) is 0.182. The molecule has 80 valence electrons. The van der Waals surface area contributed by atoms with E-state index < -0.39 is 0 Å². The van der Waals surface area contributed by atoms with Gasteiger partial charge in [-0.1, -0.05) is 0 Å². The number of aliphatic hydroxyl groups is 1. The summed E-state index contributed by atoms with van der Waals surface area (Å²) in [6.45, 7) is 0.0845. The predicted molar refractivity (Wildman–Crippen MR) is 57.0 cm³/mol. The number of nitrogens with zero attached hydrogens (tertiary/aromatic N) is 4. The maximum absolute atomic E-state index is 9.21. The second-order valence-corrected chi connectivity index (χ2v) is 3.25. The Kier molecular flexibility index (Phi) is 2.94. The second kappa shape index (κ2) is 4.55. The normalized spacial score (nSPS) is 10.0. The lowest BCUT2D eigenvalue weighted by Gasteiger charge is -1.97. The molecule has 0 unspecified atom stereocenters. The zero-order chi connectivity index (χ0) is 11.4. The average Bonchev–Trinajstić information content (AvgIpc) is 2.74. The third-order valence-corrected chi connectivity index (χ3v) is 2.19. The molecule has 0 aromatic carbocycles. The van der Waals surface area contributed by atoms with Crippen LogP contribution >= 0.6 is 0 Å². The smallest absolute Gasteiger partial charge is 0.128 e. The van der Waals surface area contributed by atoms with Crippen molar-refractivity contribution >= 4 is 0 Å². The van der Waals surface area contributed by atoms with Crippen LogP contribution in [0.2, 0.25) is 0 Å². The van der Waals surface area contributed by atoms with Crippen LogP contribution in [0.25, 0.3) is 11.3 Å². The molecule has 2 heterocycles. The van der Waals surface area contributed by atoms with Gasteiger partial charge in [0.15, 0.2) is 0 Å². The average molecular weight is 214 g/mol. The summed E-state index contributed by atoms with van der Waals surface area (Å²) in [5, 5.41) is 22.0. The van der Waals surface area contributed by atoms with Crippen LogP contribution in [-0.4, -0.2) is 19.9 Å². The molecule has 0 fully saturated rings. The Morgan fingerprint density at radius 3 is 2.75 bits per heavy atom. The summed E-state index contributed by atoms with van der Waals surface area (Å²) in [6.07, 6.45) is 5.01. The van der Waals surface area contributed by atoms with Crippen molar-refractivity contribution in [2.75, 3.05) is 0 Å². The van der Waals surface area contributed by atoms with Gasteiger partial charge in [0.2, 0.25) is 0 Å². The van der Waals surface area contributed by atoms with Gasteiger partial charge in [-0.25, -0.2) is 0 Å². The van der Waals surface area contributed by atoms with Crippen LogP contribution in [0.3, 0.4) is 0 Å². The molecule has 0 aliphatic rings. The van der Waals surface area contributed by atoms with E-state index in [0.717, 1.165) is 5.56 Å². The Morgan fingerprint density at radius 1 is 1.38 bits per heavy atom. The van der Waals surface area contributed by atoms with E-state index in [0.29, 0.717) is 11.3 Å². The zero-order valence-corrected chi connectivity index (χ0v) is 8.54. The molecule has 2 aromatic heterocycles. The SMILES string of the molecule is N#CCn1cc(CO)c(-c2ccncc2)n1. The molecule has 0 aliphatic heterocycles. The van der Waals surface area contributed by atoms with Crippen molar-refractivity contribution in [3.63, 3.8) is 0 Å². The molecule has 0 radical (unpaired) electrons. The molecule has 0 atom stereocenters. The Bertz CT molecular complexity index is 513. The molecule has 0 spiro atoms. The largest absolute Gasteiger partial charge is 0.392 e. The summed E-state index contributed by atoms with van der Waals surface area (Å²) in [5.41, 5.74) is 2.29. The van der Waals surface area contributed by atoms with E-state index in [4.69, 9.17) is 5.26 Å². The van der Waals surface area contributed by atoms with Gasteiger partial charge in [-0.15, -0.1) is 0 Å². The first-order valence-corrected chi connectivity index (χ1v) is 4.79. The molecule has 0 saturated heterocycles. The highest BCUT2D eigenvalue weighted by atomic mass is 16.3. The van der Waals surface area contributed by atoms with Crippen molar-refractivity contribution < 1.29 is 5.11 Å². The third kappa shape index (κ3) is 1.92. The van der Waals surface area contributed by atoms with Gasteiger partial charge in [-0.05, 0) is 12.1 Å². The lowest BCUT2D eigenvalue weighted by molar-refractivity contribution is 0.282. The lowest BCUT2D eigenvalue weighted by Crippen LogP contribution is -1.95. The number of pyridine rings is 1. The maximum atomic E-state index is 9.21. The highest BCUT2D eigenvalue weighted by molar-refractivity contribution is 5.61. The summed E-state index contributed by atoms with van der Waals surface area (Å²) in [6, 6.07) is 5.64. The van der Waals surface area contributed by atoms with Gasteiger partial charge in [-0.3, -0.25) is 9.67 Å². The topological polar surface area (TPSA) is 74.7 Å². The maximum Gasteiger partial charge on any atom is 0.128 e. The van der Waals surface area contributed by atoms with Crippen LogP contribution in [0.15, 0.2) is 30.7 Å². The zero-order valence-electron chi connectivity index (χ0n) is 8.54. The monoisotopic (exact) mass is 214 g/mol. The van der Waals surface area contributed by atoms with Gasteiger partial charge in [0.25, 0.3) is 0 Å². The van der Waals surface area contributed by atoms with E-state index >= 15 is 0 Å². The predicted octanol–water partition coefficient (Wildman–Crippen LogP) is 0.961. The van der Waals surface area contributed by atoms with E-state index in [-0.39, 0.29) is 13.2 Å². The Hall–Kier alpha value is -2.19. The van der Waals surface area contributed by atoms with E-state index in [9.17, 15) is 5.11 Å². The van der Waals surface area contributed by atoms with Crippen LogP contribution in [0, 0.1) is 11.3 Å². The van der Waals surface area contributed by atoms with E-state index in [2.05, 4.69) is 10.1 Å². The van der Waals surface area contributed by atoms with Crippen molar-refractivity contribution in [2.24, 2.45) is 0 Å². The molecule has 1 N–H and O–H groups in total. The highest BCUT2D eigenvalue weighted by Gasteiger charge is 2.09. The minimum atomic E-state index is -0.0942. The number of hydrogen-bond donors (Lipinski definition) is 1. The fourth-order valence-corrected chi connectivity index (χ4v) is 1.48. The summed E-state index contributed by atoms with van der Waals surface area (Å²) in [5.74, 6) is 0. The number of aliphatic hydroxyl groups excluding tert-OH is 1. The van der Waals surface area contributed by atoms with Gasteiger partial charge in [-0.2, -0.15) is 10.4 Å². The first kappa shape index (κ1) is 10.3. The standard InChI is InChI=1S/C11H10N4O/c12-3-6-15-7-10(8-16)11(14-15)9-1-4-13-5-2-9/h1-2,4-5,7,16H,6,8H2. The molecule has 0 bridgehead atoms. The summed E-state index contributed by atoms with van der Waals surface area (Å²) < 4.78 is 1.52. The van der Waals surface area contributed by atoms with Gasteiger partial charge >= 0.3 is 0 Å². The molecule has 2 aromatic rings. The fourth-order valence-electron chi connectivity index (χ4n) is 1.48. The van der Waals surface area contributed by atoms with Crippen LogP contribution in [0.1, 0.15) is 5.56 Å². The molecule has 5 nitrogen and oxygen atoms in total. The van der Waals surface area contributed by atoms with Gasteiger partial charge in [0.05, 0.1) is 18.4 Å². The Labute approximate surface area is 92.6 Å². The Balaban J connectivity index is 2.44. The number of hydrogen-bond acceptors (Lipinski definition) is 4. The van der Waals surface area contributed by atoms with Crippen molar-refractivity contribution in [1.29, 1.82) is 5.26 Å². The van der Waals surface area contributed by atoms with E-state index in [1.165, 1.54) is 4.68 Å². The molecule has 0 amide bonds. The number of nitriles is 1. The van der Waals surface area contributed by atoms with Crippen molar-refractivity contribution in [1.82, 2.24) is 14.8 Å². The van der Waals surface area contributed by atoms with Crippen molar-refractivity contribution in [3.05, 3.63) is 36.3 Å². The molecular formula is C11H10N4O. The van der Waals surface area contributed by atoms with Crippen LogP contribution < -0.4 is 0 Å². The van der Waals surface area contributed by atoms with E-state index in [1.54, 1.807) is 18.6 Å². The van der Waals surface area contributed by atoms with Crippen molar-refractivity contribution in [2.45, 2.75) is 13.2 Å². The van der Waals surface area contributed by atoms with Crippen LogP contribution in [-0.2, 0) is 13.2 Å². The molecule has 2 rings (SSSR count). The molecule has 0 aliphatic carbocycles. The minimum absolute atomic E-state index is 0.0942. The first-order valence-electron chi connectivity index (χ1n) is 4.79. The summed E-state index contributed by atoms with van der Waals surface area (Å²) in [4.78, 5) is 3.92. The third-order valence-electron chi connectivity index (χ3n) is 2.19. The molecule has 0 saturated carbocycles. The van der Waals surface area contributed by atoms with Gasteiger partial charge < -0.3 is 5.11 Å². The molecule has 5 heteroatoms. The highest BCUT2D eigenvalue weighted by Crippen LogP contribution is 2.21. The molecule has 16 heavy (non-hydrogen) atoms. The van der Waals surface area contributed by atoms with Crippen LogP contribution in [0.5, 0.6) is 0 Å². The first-order chi connectivity index (χ1) is 7.85. The van der Waals surface area contributed by atoms with Gasteiger partial charge in [0, 0.05) is 29.7 Å². The summed E-state index contributed by atoms with van der Waals surface area (Å²) in [7, 11) is 0. The van der Waals surface area contributed by atoms with Gasteiger partial charge in [0.1, 0.15) is 6.54 Å². The minimum Gasteiger partial charge on any atom is -0.392 e. The van der Waals surface area contributed by atoms with E-state index in [1.807, 2.05) is 18.2 Å². The Morgan fingerprint density at radius 2 is 2.12 bits per heavy atom. The molecular weight excluding hydrogens is 204 g/mol. The number of aromatic nitrogens is 3. The second-order valence-electron chi connectivity index (χ2n) is 3.25.